The third-order valence-corrected chi connectivity index (χ3v) is 9.02. The zero-order valence-electron chi connectivity index (χ0n) is 19.6. The molecule has 0 unspecified atom stereocenters. The molecule has 1 aliphatic heterocycles. The first-order chi connectivity index (χ1) is 15.2. The van der Waals surface area contributed by atoms with E-state index in [-0.39, 0.29) is 10.8 Å². The summed E-state index contributed by atoms with van der Waals surface area (Å²) >= 11 is 1.58. The average molecular weight is 479 g/mol. The number of thiophene rings is 1. The summed E-state index contributed by atoms with van der Waals surface area (Å²) < 4.78 is 27.7. The molecule has 9 heteroatoms. The molecule has 0 radical (unpaired) electrons. The Morgan fingerprint density at radius 2 is 1.72 bits per heavy atom. The van der Waals surface area contributed by atoms with Gasteiger partial charge in [0, 0.05) is 49.0 Å². The second-order valence-corrected chi connectivity index (χ2v) is 11.4. The van der Waals surface area contributed by atoms with Gasteiger partial charge in [-0.25, -0.2) is 8.42 Å². The van der Waals surface area contributed by atoms with Crippen LogP contribution < -0.4 is 10.2 Å². The van der Waals surface area contributed by atoms with Gasteiger partial charge in [0.15, 0.2) is 0 Å². The number of piperazine rings is 1. The summed E-state index contributed by atoms with van der Waals surface area (Å²) in [5, 5.41) is 3.02. The van der Waals surface area contributed by atoms with Gasteiger partial charge in [0.1, 0.15) is 0 Å². The van der Waals surface area contributed by atoms with Crippen molar-refractivity contribution in [2.24, 2.45) is 0 Å². The van der Waals surface area contributed by atoms with Gasteiger partial charge in [-0.2, -0.15) is 4.31 Å². The molecule has 1 aromatic carbocycles. The SMILES string of the molecule is CCN1CCN(c2ccc(S(=O)(=O)N(CC)CC)cc2NC(=O)c2cc(C)sc2C)CC1. The third-order valence-electron chi connectivity index (χ3n) is 6.01. The van der Waals surface area contributed by atoms with E-state index in [1.165, 1.54) is 4.31 Å². The molecule has 0 atom stereocenters. The number of hydrogen-bond donors (Lipinski definition) is 1. The van der Waals surface area contributed by atoms with E-state index in [4.69, 9.17) is 0 Å². The van der Waals surface area contributed by atoms with Crippen molar-refractivity contribution >= 4 is 38.6 Å². The van der Waals surface area contributed by atoms with Crippen LogP contribution in [0.15, 0.2) is 29.2 Å². The molecule has 2 aromatic rings. The molecule has 0 aliphatic carbocycles. The van der Waals surface area contributed by atoms with Crippen LogP contribution >= 0.6 is 11.3 Å². The van der Waals surface area contributed by atoms with Gasteiger partial charge in [0.2, 0.25) is 10.0 Å². The molecule has 176 valence electrons. The molecular formula is C23H34N4O3S2. The molecule has 1 saturated heterocycles. The van der Waals surface area contributed by atoms with Crippen LogP contribution in [0, 0.1) is 13.8 Å². The average Bonchev–Trinajstić information content (AvgIpc) is 3.12. The molecule has 3 rings (SSSR count). The molecule has 1 N–H and O–H groups in total. The minimum Gasteiger partial charge on any atom is -0.367 e. The van der Waals surface area contributed by atoms with Crippen molar-refractivity contribution in [1.29, 1.82) is 0 Å². The Morgan fingerprint density at radius 1 is 1.06 bits per heavy atom. The number of likely N-dealkylation sites (N-methyl/N-ethyl adjacent to an activating group) is 1. The van der Waals surface area contributed by atoms with E-state index in [0.717, 1.165) is 48.2 Å². The number of aryl methyl sites for hydroxylation is 2. The van der Waals surface area contributed by atoms with Crippen molar-refractivity contribution in [3.63, 3.8) is 0 Å². The third kappa shape index (κ3) is 5.17. The lowest BCUT2D eigenvalue weighted by Crippen LogP contribution is -2.46. The van der Waals surface area contributed by atoms with Crippen molar-refractivity contribution in [2.45, 2.75) is 39.5 Å². The van der Waals surface area contributed by atoms with E-state index >= 15 is 0 Å². The summed E-state index contributed by atoms with van der Waals surface area (Å²) in [5.74, 6) is -0.210. The predicted octanol–water partition coefficient (Wildman–Crippen LogP) is 3.79. The zero-order chi connectivity index (χ0) is 23.5. The Bertz CT molecular complexity index is 1050. The van der Waals surface area contributed by atoms with Gasteiger partial charge in [-0.3, -0.25) is 4.79 Å². The molecule has 0 spiro atoms. The van der Waals surface area contributed by atoms with Gasteiger partial charge >= 0.3 is 0 Å². The van der Waals surface area contributed by atoms with Gasteiger partial charge in [-0.05, 0) is 44.7 Å². The minimum absolute atomic E-state index is 0.200. The highest BCUT2D eigenvalue weighted by molar-refractivity contribution is 7.89. The van der Waals surface area contributed by atoms with E-state index in [0.29, 0.717) is 24.3 Å². The quantitative estimate of drug-likeness (QED) is 0.625. The van der Waals surface area contributed by atoms with Gasteiger partial charge in [0.25, 0.3) is 5.91 Å². The van der Waals surface area contributed by atoms with Crippen molar-refractivity contribution in [3.8, 4) is 0 Å². The number of carbonyl (C=O) groups is 1. The number of hydrogen-bond acceptors (Lipinski definition) is 6. The number of carbonyl (C=O) groups excluding carboxylic acids is 1. The number of amides is 1. The topological polar surface area (TPSA) is 73.0 Å². The van der Waals surface area contributed by atoms with Crippen molar-refractivity contribution in [1.82, 2.24) is 9.21 Å². The summed E-state index contributed by atoms with van der Waals surface area (Å²) in [5.41, 5.74) is 2.03. The highest BCUT2D eigenvalue weighted by Gasteiger charge is 2.26. The Kier molecular flexibility index (Phi) is 7.97. The first-order valence-corrected chi connectivity index (χ1v) is 13.5. The Balaban J connectivity index is 1.99. The lowest BCUT2D eigenvalue weighted by molar-refractivity contribution is 0.102. The van der Waals surface area contributed by atoms with Gasteiger partial charge in [0.05, 0.1) is 21.8 Å². The van der Waals surface area contributed by atoms with Gasteiger partial charge < -0.3 is 15.1 Å². The van der Waals surface area contributed by atoms with Crippen LogP contribution in [0.25, 0.3) is 0 Å². The van der Waals surface area contributed by atoms with E-state index < -0.39 is 10.0 Å². The highest BCUT2D eigenvalue weighted by Crippen LogP contribution is 2.32. The number of sulfonamides is 1. The summed E-state index contributed by atoms with van der Waals surface area (Å²) in [6, 6.07) is 6.98. The largest absolute Gasteiger partial charge is 0.367 e. The maximum atomic E-state index is 13.1. The first kappa shape index (κ1) is 24.7. The normalized spacial score (nSPS) is 15.4. The highest BCUT2D eigenvalue weighted by atomic mass is 32.2. The van der Waals surface area contributed by atoms with Crippen molar-refractivity contribution in [2.75, 3.05) is 56.0 Å². The minimum atomic E-state index is -3.63. The smallest absolute Gasteiger partial charge is 0.256 e. The van der Waals surface area contributed by atoms with Crippen LogP contribution in [0.1, 0.15) is 40.9 Å². The molecule has 1 aliphatic rings. The zero-order valence-corrected chi connectivity index (χ0v) is 21.3. The number of nitrogens with zero attached hydrogens (tertiary/aromatic N) is 3. The molecular weight excluding hydrogens is 444 g/mol. The Labute approximate surface area is 196 Å². The van der Waals surface area contributed by atoms with Crippen LogP contribution in [-0.2, 0) is 10.0 Å². The fourth-order valence-electron chi connectivity index (χ4n) is 4.11. The molecule has 0 bridgehead atoms. The van der Waals surface area contributed by atoms with Crippen LogP contribution in [0.4, 0.5) is 11.4 Å². The van der Waals surface area contributed by atoms with Crippen LogP contribution in [0.3, 0.4) is 0 Å². The summed E-state index contributed by atoms with van der Waals surface area (Å²) in [7, 11) is -3.63. The molecule has 2 heterocycles. The number of rotatable bonds is 8. The standard InChI is InChI=1S/C23H34N4O3S2/c1-6-25-11-13-26(14-12-25)22-10-9-19(32(29,30)27(7-2)8-3)16-21(22)24-23(28)20-15-17(4)31-18(20)5/h9-10,15-16H,6-8,11-14H2,1-5H3,(H,24,28). The van der Waals surface area contributed by atoms with Crippen LogP contribution in [0.2, 0.25) is 0 Å². The maximum absolute atomic E-state index is 13.1. The number of anilines is 2. The fraction of sp³-hybridized carbons (Fsp3) is 0.522. The molecule has 1 amide bonds. The van der Waals surface area contributed by atoms with Crippen molar-refractivity contribution in [3.05, 3.63) is 39.6 Å². The predicted molar refractivity (Wildman–Crippen MR) is 133 cm³/mol. The molecule has 0 saturated carbocycles. The monoisotopic (exact) mass is 478 g/mol. The molecule has 1 aromatic heterocycles. The fourth-order valence-corrected chi connectivity index (χ4v) is 6.52. The summed E-state index contributed by atoms with van der Waals surface area (Å²) in [4.78, 5) is 19.9. The van der Waals surface area contributed by atoms with E-state index in [1.807, 2.05) is 39.8 Å². The van der Waals surface area contributed by atoms with E-state index in [9.17, 15) is 13.2 Å². The van der Waals surface area contributed by atoms with Gasteiger partial charge in [-0.1, -0.05) is 20.8 Å². The van der Waals surface area contributed by atoms with Crippen LogP contribution in [0.5, 0.6) is 0 Å². The Hall–Kier alpha value is -1.94. The van der Waals surface area contributed by atoms with E-state index in [2.05, 4.69) is 22.0 Å². The maximum Gasteiger partial charge on any atom is 0.256 e. The van der Waals surface area contributed by atoms with E-state index in [1.54, 1.807) is 23.5 Å². The second-order valence-electron chi connectivity index (χ2n) is 7.97. The number of benzene rings is 1. The van der Waals surface area contributed by atoms with Crippen molar-refractivity contribution < 1.29 is 13.2 Å². The lowest BCUT2D eigenvalue weighted by atomic mass is 10.2. The number of nitrogens with one attached hydrogen (secondary N) is 1. The summed E-state index contributed by atoms with van der Waals surface area (Å²) in [6.45, 7) is 15.0. The molecule has 32 heavy (non-hydrogen) atoms. The first-order valence-electron chi connectivity index (χ1n) is 11.2. The summed E-state index contributed by atoms with van der Waals surface area (Å²) in [6.07, 6.45) is 0. The van der Waals surface area contributed by atoms with Crippen LogP contribution in [-0.4, -0.2) is 69.3 Å². The molecule has 7 nitrogen and oxygen atoms in total. The Morgan fingerprint density at radius 3 is 2.25 bits per heavy atom. The second kappa shape index (κ2) is 10.3. The molecule has 1 fully saturated rings. The van der Waals surface area contributed by atoms with Gasteiger partial charge in [-0.15, -0.1) is 11.3 Å². The lowest BCUT2D eigenvalue weighted by Gasteiger charge is -2.36.